The number of nitrogens with one attached hydrogen (secondary N) is 1. The molecule has 1 saturated heterocycles. The number of rotatable bonds is 7. The average Bonchev–Trinajstić information content (AvgIpc) is 2.75. The van der Waals surface area contributed by atoms with Crippen LogP contribution in [0, 0.1) is 24.0 Å². The first kappa shape index (κ1) is 22.2. The Morgan fingerprint density at radius 1 is 1.06 bits per heavy atom. The summed E-state index contributed by atoms with van der Waals surface area (Å²) in [6.45, 7) is 6.16. The maximum absolute atomic E-state index is 12.4. The highest BCUT2D eigenvalue weighted by Gasteiger charge is 2.23. The number of nitrogens with zero attached hydrogens (tertiary/aromatic N) is 3. The van der Waals surface area contributed by atoms with Gasteiger partial charge in [-0.05, 0) is 31.0 Å². The molecule has 0 atom stereocenters. The molecule has 164 valence electrons. The Kier molecular flexibility index (Phi) is 7.19. The van der Waals surface area contributed by atoms with Crippen LogP contribution in [0.5, 0.6) is 5.75 Å². The first-order chi connectivity index (χ1) is 14.8. The van der Waals surface area contributed by atoms with E-state index in [2.05, 4.69) is 5.32 Å². The molecule has 0 spiro atoms. The van der Waals surface area contributed by atoms with E-state index in [1.54, 1.807) is 11.0 Å². The van der Waals surface area contributed by atoms with Gasteiger partial charge in [0.05, 0.1) is 17.5 Å². The van der Waals surface area contributed by atoms with Gasteiger partial charge in [0, 0.05) is 37.9 Å². The number of amides is 2. The number of para-hydroxylation sites is 1. The van der Waals surface area contributed by atoms with Gasteiger partial charge in [0.15, 0.2) is 6.61 Å². The first-order valence-electron chi connectivity index (χ1n) is 10.1. The summed E-state index contributed by atoms with van der Waals surface area (Å²) >= 11 is 0. The van der Waals surface area contributed by atoms with Crippen molar-refractivity contribution in [3.63, 3.8) is 0 Å². The highest BCUT2D eigenvalue weighted by atomic mass is 16.6. The molecule has 0 bridgehead atoms. The number of piperazine rings is 1. The maximum atomic E-state index is 12.4. The minimum Gasteiger partial charge on any atom is -0.484 e. The van der Waals surface area contributed by atoms with Gasteiger partial charge in [0.25, 0.3) is 11.6 Å². The molecule has 0 aliphatic carbocycles. The van der Waals surface area contributed by atoms with Gasteiger partial charge in [0.1, 0.15) is 5.75 Å². The third-order valence-electron chi connectivity index (χ3n) is 5.23. The lowest BCUT2D eigenvalue weighted by Crippen LogP contribution is -2.51. The average molecular weight is 426 g/mol. The fourth-order valence-electron chi connectivity index (χ4n) is 3.47. The lowest BCUT2D eigenvalue weighted by atomic mass is 10.1. The first-order valence-corrected chi connectivity index (χ1v) is 10.1. The predicted molar refractivity (Wildman–Crippen MR) is 116 cm³/mol. The largest absolute Gasteiger partial charge is 0.484 e. The molecular formula is C22H26N4O5. The van der Waals surface area contributed by atoms with Crippen LogP contribution < -0.4 is 10.1 Å². The summed E-state index contributed by atoms with van der Waals surface area (Å²) in [6, 6.07) is 11.6. The summed E-state index contributed by atoms with van der Waals surface area (Å²) in [5.74, 6) is 0.0154. The van der Waals surface area contributed by atoms with Crippen molar-refractivity contribution in [1.29, 1.82) is 0 Å². The van der Waals surface area contributed by atoms with Gasteiger partial charge in [-0.2, -0.15) is 0 Å². The number of aryl methyl sites for hydroxylation is 2. The van der Waals surface area contributed by atoms with Crippen LogP contribution in [0.1, 0.15) is 11.1 Å². The number of non-ortho nitro benzene ring substituents is 1. The van der Waals surface area contributed by atoms with Gasteiger partial charge < -0.3 is 15.0 Å². The number of ether oxygens (including phenoxy) is 1. The van der Waals surface area contributed by atoms with E-state index in [1.807, 2.05) is 36.9 Å². The molecule has 31 heavy (non-hydrogen) atoms. The lowest BCUT2D eigenvalue weighted by Gasteiger charge is -2.34. The van der Waals surface area contributed by atoms with Crippen LogP contribution in [0.2, 0.25) is 0 Å². The zero-order valence-corrected chi connectivity index (χ0v) is 17.7. The third-order valence-corrected chi connectivity index (χ3v) is 5.23. The number of nitro groups is 1. The van der Waals surface area contributed by atoms with Crippen LogP contribution in [0.25, 0.3) is 0 Å². The molecule has 1 heterocycles. The second kappa shape index (κ2) is 10.0. The molecule has 1 fully saturated rings. The quantitative estimate of drug-likeness (QED) is 0.538. The number of hydrogen-bond acceptors (Lipinski definition) is 6. The van der Waals surface area contributed by atoms with Crippen molar-refractivity contribution in [3.8, 4) is 5.75 Å². The van der Waals surface area contributed by atoms with Gasteiger partial charge in [-0.1, -0.05) is 24.3 Å². The van der Waals surface area contributed by atoms with E-state index in [9.17, 15) is 19.7 Å². The third kappa shape index (κ3) is 6.02. The molecule has 2 aromatic rings. The number of carbonyl (C=O) groups is 2. The van der Waals surface area contributed by atoms with Crippen LogP contribution in [0.3, 0.4) is 0 Å². The molecule has 0 unspecified atom stereocenters. The van der Waals surface area contributed by atoms with Crippen molar-refractivity contribution in [2.75, 3.05) is 44.6 Å². The van der Waals surface area contributed by atoms with Crippen molar-refractivity contribution >= 4 is 23.2 Å². The molecule has 2 aromatic carbocycles. The van der Waals surface area contributed by atoms with Gasteiger partial charge >= 0.3 is 0 Å². The molecule has 1 aliphatic rings. The minimum atomic E-state index is -0.509. The molecule has 0 aromatic heterocycles. The molecule has 2 amide bonds. The van der Waals surface area contributed by atoms with Gasteiger partial charge in [0.2, 0.25) is 5.91 Å². The standard InChI is InChI=1S/C22H26N4O5/c1-16-5-3-6-17(2)22(16)23-20(27)14-24-9-11-25(12-10-24)21(28)15-31-19-8-4-7-18(13-19)26(29)30/h3-8,13H,9-12,14-15H2,1-2H3,(H,23,27). The zero-order chi connectivity index (χ0) is 22.4. The summed E-state index contributed by atoms with van der Waals surface area (Å²) < 4.78 is 5.42. The summed E-state index contributed by atoms with van der Waals surface area (Å²) in [4.78, 5) is 38.8. The van der Waals surface area contributed by atoms with Crippen LogP contribution in [-0.4, -0.2) is 65.9 Å². The molecule has 1 aliphatic heterocycles. The smallest absolute Gasteiger partial charge is 0.273 e. The van der Waals surface area contributed by atoms with E-state index in [0.717, 1.165) is 16.8 Å². The van der Waals surface area contributed by atoms with Crippen molar-refractivity contribution in [3.05, 3.63) is 63.7 Å². The number of anilines is 1. The number of carbonyl (C=O) groups excluding carboxylic acids is 2. The minimum absolute atomic E-state index is 0.0776. The van der Waals surface area contributed by atoms with Crippen LogP contribution in [0.4, 0.5) is 11.4 Å². The topological polar surface area (TPSA) is 105 Å². The van der Waals surface area contributed by atoms with E-state index in [-0.39, 0.29) is 36.4 Å². The maximum Gasteiger partial charge on any atom is 0.273 e. The Morgan fingerprint density at radius 2 is 1.71 bits per heavy atom. The van der Waals surface area contributed by atoms with Crippen molar-refractivity contribution in [1.82, 2.24) is 9.80 Å². The molecule has 3 rings (SSSR count). The predicted octanol–water partition coefficient (Wildman–Crippen LogP) is 2.37. The fraction of sp³-hybridized carbons (Fsp3) is 0.364. The van der Waals surface area contributed by atoms with Crippen LogP contribution in [0.15, 0.2) is 42.5 Å². The van der Waals surface area contributed by atoms with Gasteiger partial charge in [-0.3, -0.25) is 24.6 Å². The Balaban J connectivity index is 1.43. The Bertz CT molecular complexity index is 950. The monoisotopic (exact) mass is 426 g/mol. The highest BCUT2D eigenvalue weighted by Crippen LogP contribution is 2.20. The molecular weight excluding hydrogens is 400 g/mol. The summed E-state index contributed by atoms with van der Waals surface area (Å²) in [5.41, 5.74) is 2.80. The van der Waals surface area contributed by atoms with E-state index < -0.39 is 4.92 Å². The summed E-state index contributed by atoms with van der Waals surface area (Å²) in [6.07, 6.45) is 0. The Morgan fingerprint density at radius 3 is 2.35 bits per heavy atom. The number of nitro benzene ring substituents is 1. The number of hydrogen-bond donors (Lipinski definition) is 1. The second-order valence-electron chi connectivity index (χ2n) is 7.52. The molecule has 0 radical (unpaired) electrons. The van der Waals surface area contributed by atoms with Crippen LogP contribution >= 0.6 is 0 Å². The fourth-order valence-corrected chi connectivity index (χ4v) is 3.47. The van der Waals surface area contributed by atoms with E-state index >= 15 is 0 Å². The normalized spacial score (nSPS) is 14.2. The van der Waals surface area contributed by atoms with Gasteiger partial charge in [-0.25, -0.2) is 0 Å². The summed E-state index contributed by atoms with van der Waals surface area (Å²) in [5, 5.41) is 13.8. The summed E-state index contributed by atoms with van der Waals surface area (Å²) in [7, 11) is 0. The Hall–Kier alpha value is -3.46. The lowest BCUT2D eigenvalue weighted by molar-refractivity contribution is -0.384. The number of benzene rings is 2. The van der Waals surface area contributed by atoms with E-state index in [1.165, 1.54) is 18.2 Å². The highest BCUT2D eigenvalue weighted by molar-refractivity contribution is 5.93. The second-order valence-corrected chi connectivity index (χ2v) is 7.52. The van der Waals surface area contributed by atoms with E-state index in [0.29, 0.717) is 26.2 Å². The van der Waals surface area contributed by atoms with Crippen LogP contribution in [-0.2, 0) is 9.59 Å². The Labute approximate surface area is 180 Å². The molecule has 9 nitrogen and oxygen atoms in total. The SMILES string of the molecule is Cc1cccc(C)c1NC(=O)CN1CCN(C(=O)COc2cccc([N+](=O)[O-])c2)CC1. The van der Waals surface area contributed by atoms with Gasteiger partial charge in [-0.15, -0.1) is 0 Å². The molecule has 9 heteroatoms. The van der Waals surface area contributed by atoms with Crippen molar-refractivity contribution < 1.29 is 19.2 Å². The molecule has 0 saturated carbocycles. The zero-order valence-electron chi connectivity index (χ0n) is 17.7. The molecule has 1 N–H and O–H groups in total. The van der Waals surface area contributed by atoms with E-state index in [4.69, 9.17) is 4.74 Å². The van der Waals surface area contributed by atoms with Crippen molar-refractivity contribution in [2.45, 2.75) is 13.8 Å². The van der Waals surface area contributed by atoms with Crippen molar-refractivity contribution in [2.24, 2.45) is 0 Å².